The van der Waals surface area contributed by atoms with E-state index < -0.39 is 33.0 Å². The first kappa shape index (κ1) is 21.8. The minimum atomic E-state index is -5.84. The van der Waals surface area contributed by atoms with Gasteiger partial charge in [0.15, 0.2) is 0 Å². The van der Waals surface area contributed by atoms with Crippen LogP contribution in [0, 0.1) is 23.2 Å². The zero-order valence-corrected chi connectivity index (χ0v) is 18.5. The Bertz CT molecular complexity index is 986. The van der Waals surface area contributed by atoms with Crippen molar-refractivity contribution in [2.45, 2.75) is 69.5 Å². The van der Waals surface area contributed by atoms with Crippen molar-refractivity contribution < 1.29 is 36.5 Å². The highest BCUT2D eigenvalue weighted by Gasteiger charge is 2.57. The van der Waals surface area contributed by atoms with Gasteiger partial charge >= 0.3 is 21.3 Å². The first-order valence-corrected chi connectivity index (χ1v) is 12.7. The van der Waals surface area contributed by atoms with E-state index in [4.69, 9.17) is 0 Å². The number of alkyl halides is 2. The molecule has 178 valence electrons. The number of nitrogens with one attached hydrogen (secondary N) is 1. The minimum absolute atomic E-state index is 0.00869. The highest BCUT2D eigenvalue weighted by Crippen LogP contribution is 2.59. The van der Waals surface area contributed by atoms with Crippen LogP contribution in [-0.4, -0.2) is 41.1 Å². The van der Waals surface area contributed by atoms with E-state index >= 15 is 0 Å². The largest absolute Gasteiger partial charge is 0.492 e. The molecule has 1 aromatic rings. The summed E-state index contributed by atoms with van der Waals surface area (Å²) >= 11 is 0. The number of hydrogen-bond donors (Lipinski definition) is 3. The summed E-state index contributed by atoms with van der Waals surface area (Å²) in [5, 5.41) is 17.7. The molecular formula is C21H28F2N2O6S. The van der Waals surface area contributed by atoms with Crippen LogP contribution in [0.3, 0.4) is 0 Å². The Morgan fingerprint density at radius 3 is 1.97 bits per heavy atom. The maximum Gasteiger partial charge on any atom is 0.459 e. The van der Waals surface area contributed by atoms with Crippen LogP contribution in [0.25, 0.3) is 0 Å². The van der Waals surface area contributed by atoms with Crippen molar-refractivity contribution in [3.8, 4) is 11.8 Å². The number of amides is 1. The molecule has 5 aliphatic carbocycles. The lowest BCUT2D eigenvalue weighted by molar-refractivity contribution is -0.138. The Morgan fingerprint density at radius 1 is 1.03 bits per heavy atom. The van der Waals surface area contributed by atoms with Crippen molar-refractivity contribution in [1.29, 1.82) is 0 Å². The van der Waals surface area contributed by atoms with Gasteiger partial charge < -0.3 is 15.5 Å². The SMILES string of the molecule is O=C(NCC12CC3CC(CC(C3)C1)C2)C(F)(F)S(=O)(=O)On1c(O)c2c(c1O)CCCC2. The van der Waals surface area contributed by atoms with Gasteiger partial charge in [-0.15, -0.1) is 0 Å². The third-order valence-electron chi connectivity index (χ3n) is 7.93. The molecule has 0 radical (unpaired) electrons. The van der Waals surface area contributed by atoms with Crippen LogP contribution in [0.1, 0.15) is 62.5 Å². The Morgan fingerprint density at radius 2 is 1.50 bits per heavy atom. The number of fused-ring (bicyclic) bond motifs is 1. The average Bonchev–Trinajstić information content (AvgIpc) is 2.96. The molecule has 3 N–H and O–H groups in total. The summed E-state index contributed by atoms with van der Waals surface area (Å²) in [5.41, 5.74) is 0.276. The van der Waals surface area contributed by atoms with E-state index in [9.17, 15) is 32.2 Å². The smallest absolute Gasteiger partial charge is 0.459 e. The lowest BCUT2D eigenvalue weighted by atomic mass is 9.49. The maximum absolute atomic E-state index is 14.7. The highest BCUT2D eigenvalue weighted by atomic mass is 32.2. The summed E-state index contributed by atoms with van der Waals surface area (Å²) in [4.78, 5) is 12.3. The molecule has 0 unspecified atom stereocenters. The molecule has 11 heteroatoms. The number of rotatable bonds is 6. The molecule has 32 heavy (non-hydrogen) atoms. The van der Waals surface area contributed by atoms with Crippen molar-refractivity contribution in [2.24, 2.45) is 23.2 Å². The topological polar surface area (TPSA) is 118 Å². The first-order chi connectivity index (χ1) is 15.0. The Kier molecular flexibility index (Phi) is 4.92. The molecule has 0 spiro atoms. The number of aromatic nitrogens is 1. The number of carbonyl (C=O) groups is 1. The zero-order chi connectivity index (χ0) is 22.9. The van der Waals surface area contributed by atoms with Crippen molar-refractivity contribution in [1.82, 2.24) is 10.0 Å². The van der Waals surface area contributed by atoms with Crippen molar-refractivity contribution >= 4 is 16.0 Å². The van der Waals surface area contributed by atoms with Crippen LogP contribution in [-0.2, 0) is 27.8 Å². The fourth-order valence-corrected chi connectivity index (χ4v) is 7.68. The number of nitrogens with zero attached hydrogens (tertiary/aromatic N) is 1. The number of carbonyl (C=O) groups excluding carboxylic acids is 1. The summed E-state index contributed by atoms with van der Waals surface area (Å²) in [7, 11) is -5.84. The molecule has 6 rings (SSSR count). The lowest BCUT2D eigenvalue weighted by Crippen LogP contribution is -2.55. The molecule has 0 atom stereocenters. The van der Waals surface area contributed by atoms with Crippen LogP contribution in [0.15, 0.2) is 0 Å². The maximum atomic E-state index is 14.7. The van der Waals surface area contributed by atoms with E-state index in [2.05, 4.69) is 9.60 Å². The second-order valence-corrected chi connectivity index (χ2v) is 11.8. The molecule has 0 aromatic carbocycles. The minimum Gasteiger partial charge on any atom is -0.492 e. The molecule has 4 saturated carbocycles. The number of aromatic hydroxyl groups is 2. The van der Waals surface area contributed by atoms with Gasteiger partial charge in [0, 0.05) is 17.7 Å². The van der Waals surface area contributed by atoms with Gasteiger partial charge in [-0.25, -0.2) is 0 Å². The van der Waals surface area contributed by atoms with Gasteiger partial charge in [0.05, 0.1) is 0 Å². The van der Waals surface area contributed by atoms with Crippen molar-refractivity contribution in [2.75, 3.05) is 6.54 Å². The van der Waals surface area contributed by atoms with Crippen LogP contribution in [0.4, 0.5) is 8.78 Å². The molecule has 4 fully saturated rings. The molecule has 1 heterocycles. The number of hydrogen-bond acceptors (Lipinski definition) is 6. The normalized spacial score (nSPS) is 31.4. The molecule has 4 bridgehead atoms. The summed E-state index contributed by atoms with van der Waals surface area (Å²) in [6, 6.07) is 0. The van der Waals surface area contributed by atoms with E-state index in [0.29, 0.717) is 43.4 Å². The molecular weight excluding hydrogens is 446 g/mol. The summed E-state index contributed by atoms with van der Waals surface area (Å²) in [6.45, 7) is 0.00869. The Hall–Kier alpha value is -2.04. The number of halogens is 2. The molecule has 5 aliphatic rings. The zero-order valence-electron chi connectivity index (χ0n) is 17.6. The fourth-order valence-electron chi connectivity index (χ4n) is 6.95. The van der Waals surface area contributed by atoms with Crippen molar-refractivity contribution in [3.05, 3.63) is 11.1 Å². The Balaban J connectivity index is 1.30. The van der Waals surface area contributed by atoms with Gasteiger partial charge in [-0.2, -0.15) is 17.2 Å². The molecule has 1 aromatic heterocycles. The van der Waals surface area contributed by atoms with Gasteiger partial charge in [0.1, 0.15) is 0 Å². The molecule has 8 nitrogen and oxygen atoms in total. The first-order valence-electron chi connectivity index (χ1n) is 11.3. The highest BCUT2D eigenvalue weighted by molar-refractivity contribution is 7.88. The summed E-state index contributed by atoms with van der Waals surface area (Å²) in [5.74, 6) is -1.79. The quantitative estimate of drug-likeness (QED) is 0.583. The predicted octanol–water partition coefficient (Wildman–Crippen LogP) is 2.46. The van der Waals surface area contributed by atoms with E-state index in [-0.39, 0.29) is 27.8 Å². The van der Waals surface area contributed by atoms with E-state index in [0.717, 1.165) is 38.5 Å². The van der Waals surface area contributed by atoms with E-state index in [1.54, 1.807) is 0 Å². The van der Waals surface area contributed by atoms with Crippen LogP contribution in [0.2, 0.25) is 0 Å². The van der Waals surface area contributed by atoms with Gasteiger partial charge in [0.25, 0.3) is 0 Å². The third-order valence-corrected chi connectivity index (χ3v) is 9.09. The van der Waals surface area contributed by atoms with Crippen LogP contribution in [0.5, 0.6) is 11.8 Å². The lowest BCUT2D eigenvalue weighted by Gasteiger charge is -2.56. The fraction of sp³-hybridized carbons (Fsp3) is 0.762. The van der Waals surface area contributed by atoms with Crippen LogP contribution < -0.4 is 9.60 Å². The molecule has 1 amide bonds. The van der Waals surface area contributed by atoms with Gasteiger partial charge in [0.2, 0.25) is 11.8 Å². The van der Waals surface area contributed by atoms with Gasteiger partial charge in [-0.3, -0.25) is 9.08 Å². The standard InChI is InChI=1S/C21H28F2N2O6S/c22-21(23,19(28)24-11-20-8-12-5-13(9-20)7-14(6-12)10-20)32(29,30)31-25-17(26)15-3-1-2-4-16(15)18(25)27/h12-14,26-27H,1-11H2,(H,24,28). The van der Waals surface area contributed by atoms with Gasteiger partial charge in [-0.1, -0.05) is 4.73 Å². The average molecular weight is 475 g/mol. The molecule has 0 aliphatic heterocycles. The third kappa shape index (κ3) is 3.34. The second kappa shape index (κ2) is 7.23. The second-order valence-electron chi connectivity index (χ2n) is 10.3. The van der Waals surface area contributed by atoms with E-state index in [1.165, 1.54) is 0 Å². The van der Waals surface area contributed by atoms with E-state index in [1.807, 2.05) is 0 Å². The molecule has 0 saturated heterocycles. The predicted molar refractivity (Wildman–Crippen MR) is 108 cm³/mol. The Labute approximate surface area is 185 Å². The van der Waals surface area contributed by atoms with Crippen molar-refractivity contribution in [3.63, 3.8) is 0 Å². The summed E-state index contributed by atoms with van der Waals surface area (Å²) in [6.07, 6.45) is 8.15. The summed E-state index contributed by atoms with van der Waals surface area (Å²) < 4.78 is 58.5. The van der Waals surface area contributed by atoms with Gasteiger partial charge in [-0.05, 0) is 87.4 Å². The monoisotopic (exact) mass is 474 g/mol. The van der Waals surface area contributed by atoms with Crippen LogP contribution >= 0.6 is 0 Å².